The number of aliphatic hydroxyl groups is 2. The van der Waals surface area contributed by atoms with Crippen molar-refractivity contribution in [2.45, 2.75) is 75.5 Å². The topological polar surface area (TPSA) is 331 Å². The van der Waals surface area contributed by atoms with E-state index in [1.54, 1.807) is 0 Å². The molecule has 0 aromatic heterocycles. The molecule has 358 valence electrons. The normalized spacial score (nSPS) is 17.8. The van der Waals surface area contributed by atoms with Gasteiger partial charge in [0.2, 0.25) is 0 Å². The van der Waals surface area contributed by atoms with Crippen molar-refractivity contribution in [2.75, 3.05) is 14.2 Å². The molecule has 2 aliphatic rings. The first kappa shape index (κ1) is 57.6. The molecular formula is C46H48Cu2N4O14. The summed E-state index contributed by atoms with van der Waals surface area (Å²) in [4.78, 5) is 62.4. The molecule has 66 heavy (non-hydrogen) atoms. The zero-order valence-electron chi connectivity index (χ0n) is 35.5. The van der Waals surface area contributed by atoms with Gasteiger partial charge in [-0.05, 0) is 72.2 Å². The van der Waals surface area contributed by atoms with Crippen molar-refractivity contribution in [3.05, 3.63) is 117 Å². The molecule has 2 saturated carbocycles. The Morgan fingerprint density at radius 3 is 0.758 bits per heavy atom. The first-order valence-electron chi connectivity index (χ1n) is 19.9. The number of hydrogen-bond donors (Lipinski definition) is 6. The van der Waals surface area contributed by atoms with Crippen LogP contribution in [-0.4, -0.2) is 118 Å². The Bertz CT molecular complexity index is 2050. The summed E-state index contributed by atoms with van der Waals surface area (Å²) >= 11 is 0. The number of carboxylic acid groups (broad SMARTS) is 4. The van der Waals surface area contributed by atoms with Gasteiger partial charge in [-0.3, -0.25) is 20.0 Å². The van der Waals surface area contributed by atoms with Crippen LogP contribution in [0.5, 0.6) is 23.0 Å². The number of benzene rings is 4. The van der Waals surface area contributed by atoms with E-state index in [0.717, 1.165) is 65.6 Å². The Balaban J connectivity index is 0.000000597. The zero-order chi connectivity index (χ0) is 47.3. The summed E-state index contributed by atoms with van der Waals surface area (Å²) in [5.41, 5.74) is -0.453. The van der Waals surface area contributed by atoms with E-state index in [1.165, 1.54) is 97.7 Å². The Morgan fingerprint density at radius 2 is 0.591 bits per heavy atom. The standard InChI is InChI=1S/2C22H22N2O6.2CH4O.2Cu/c2*25-19-13(5-3-7-15(19)21(27)28)11-23-17-9-1-2-10-18(17)24-12-14-6-4-8-16(20(14)26)22(29)30;2*1-2;;/h2*3-8,11-12,17-18,25-26H,1-2,9-10H2,(H,27,28)(H,29,30);2*2H,1H3;;/q;;;;2*+2/p-4/t2*17-,18-;;;;/m11..../s1. The first-order valence-corrected chi connectivity index (χ1v) is 19.9. The maximum Gasteiger partial charge on any atom is 2.00 e. The molecule has 4 aromatic carbocycles. The predicted octanol–water partition coefficient (Wildman–Crippen LogP) is 3.37. The molecule has 4 aromatic rings. The maximum absolute atomic E-state index is 12.2. The first-order chi connectivity index (χ1) is 30.8. The summed E-state index contributed by atoms with van der Waals surface area (Å²) < 4.78 is 0. The second-order valence-corrected chi connectivity index (χ2v) is 14.1. The second kappa shape index (κ2) is 29.2. The number of aliphatic imine (C=N–C) groups is 4. The molecular weight excluding hydrogens is 960 g/mol. The number of rotatable bonds is 12. The number of hydrogen-bond acceptors (Lipinski definition) is 14. The molecule has 6 N–H and O–H groups in total. The maximum atomic E-state index is 12.2. The summed E-state index contributed by atoms with van der Waals surface area (Å²) in [6.45, 7) is 0. The van der Waals surface area contributed by atoms with Crippen LogP contribution in [0.3, 0.4) is 0 Å². The van der Waals surface area contributed by atoms with E-state index in [-0.39, 0.29) is 103 Å². The molecule has 2 aliphatic carbocycles. The van der Waals surface area contributed by atoms with Crippen LogP contribution in [0.2, 0.25) is 0 Å². The van der Waals surface area contributed by atoms with Crippen molar-refractivity contribution in [3.63, 3.8) is 0 Å². The van der Waals surface area contributed by atoms with Gasteiger partial charge in [-0.2, -0.15) is 0 Å². The van der Waals surface area contributed by atoms with Crippen molar-refractivity contribution in [2.24, 2.45) is 20.0 Å². The predicted molar refractivity (Wildman–Crippen MR) is 230 cm³/mol. The molecule has 2 fully saturated rings. The van der Waals surface area contributed by atoms with Gasteiger partial charge in [0.05, 0.1) is 46.4 Å². The number of aromatic carboxylic acids is 4. The minimum absolute atomic E-state index is 0. The summed E-state index contributed by atoms with van der Waals surface area (Å²) in [5.74, 6) is -7.51. The average molecular weight is 1010 g/mol. The molecule has 4 atom stereocenters. The van der Waals surface area contributed by atoms with Crippen LogP contribution in [0.15, 0.2) is 92.8 Å². The Labute approximate surface area is 401 Å². The molecule has 0 amide bonds. The monoisotopic (exact) mass is 1010 g/mol. The van der Waals surface area contributed by atoms with E-state index in [9.17, 15) is 39.6 Å². The summed E-state index contributed by atoms with van der Waals surface area (Å²) in [5, 5.41) is 99.2. The third-order valence-electron chi connectivity index (χ3n) is 10.1. The minimum Gasteiger partial charge on any atom is -0.871 e. The van der Waals surface area contributed by atoms with E-state index in [1.807, 2.05) is 0 Å². The molecule has 0 heterocycles. The van der Waals surface area contributed by atoms with Crippen LogP contribution in [0.4, 0.5) is 0 Å². The average Bonchev–Trinajstić information content (AvgIpc) is 3.29. The van der Waals surface area contributed by atoms with E-state index < -0.39 is 46.9 Å². The summed E-state index contributed by atoms with van der Waals surface area (Å²) in [6, 6.07) is 16.2. The summed E-state index contributed by atoms with van der Waals surface area (Å²) in [7, 11) is 2.00. The molecule has 2 radical (unpaired) electrons. The fourth-order valence-corrected chi connectivity index (χ4v) is 6.88. The molecule has 0 saturated heterocycles. The van der Waals surface area contributed by atoms with Gasteiger partial charge < -0.3 is 51.1 Å². The van der Waals surface area contributed by atoms with Crippen LogP contribution >= 0.6 is 0 Å². The third-order valence-corrected chi connectivity index (χ3v) is 10.1. The Hall–Kier alpha value is -6.40. The number of carbonyl (C=O) groups is 4. The van der Waals surface area contributed by atoms with Gasteiger partial charge in [-0.25, -0.2) is 19.2 Å². The fraction of sp³-hybridized carbons (Fsp3) is 0.304. The van der Waals surface area contributed by atoms with Crippen molar-refractivity contribution in [1.82, 2.24) is 0 Å². The number of aliphatic hydroxyl groups excluding tert-OH is 2. The molecule has 0 bridgehead atoms. The van der Waals surface area contributed by atoms with E-state index in [2.05, 4.69) is 20.0 Å². The van der Waals surface area contributed by atoms with Crippen LogP contribution in [-0.2, 0) is 34.1 Å². The van der Waals surface area contributed by atoms with Crippen LogP contribution in [0.1, 0.15) is 115 Å². The smallest absolute Gasteiger partial charge is 0.871 e. The van der Waals surface area contributed by atoms with E-state index in [0.29, 0.717) is 0 Å². The second-order valence-electron chi connectivity index (χ2n) is 14.1. The molecule has 0 spiro atoms. The molecule has 18 nitrogen and oxygen atoms in total. The van der Waals surface area contributed by atoms with Gasteiger partial charge in [0.1, 0.15) is 0 Å². The van der Waals surface area contributed by atoms with Gasteiger partial charge in [0.25, 0.3) is 0 Å². The van der Waals surface area contributed by atoms with E-state index >= 15 is 0 Å². The van der Waals surface area contributed by atoms with Gasteiger partial charge in [-0.15, -0.1) is 0 Å². The largest absolute Gasteiger partial charge is 2.00 e. The van der Waals surface area contributed by atoms with Crippen molar-refractivity contribution in [1.29, 1.82) is 0 Å². The Morgan fingerprint density at radius 1 is 0.409 bits per heavy atom. The molecule has 0 unspecified atom stereocenters. The van der Waals surface area contributed by atoms with Crippen LogP contribution in [0, 0.1) is 0 Å². The number of nitrogens with zero attached hydrogens (tertiary/aromatic N) is 4. The van der Waals surface area contributed by atoms with Gasteiger partial charge in [0.15, 0.2) is 0 Å². The molecule has 0 aliphatic heterocycles. The van der Waals surface area contributed by atoms with Crippen LogP contribution < -0.4 is 20.4 Å². The zero-order valence-corrected chi connectivity index (χ0v) is 37.4. The van der Waals surface area contributed by atoms with Gasteiger partial charge in [0, 0.05) is 39.1 Å². The van der Waals surface area contributed by atoms with Crippen molar-refractivity contribution < 1.29 is 104 Å². The number of carboxylic acids is 4. The quantitative estimate of drug-likeness (QED) is 0.0876. The van der Waals surface area contributed by atoms with Gasteiger partial charge >= 0.3 is 58.0 Å². The van der Waals surface area contributed by atoms with Gasteiger partial charge in [-0.1, -0.05) is 97.2 Å². The SMILES string of the molecule is CO.CO.O=C(O)c1cccc(C=N[C@@H]2CCCC[C@H]2N=Cc2cccc(C(=O)O)c2[O-])c1[O-].O=C(O)c1cccc(C=N[C@@H]2CCCC[C@H]2N=Cc2cccc(C(=O)O)c2[O-])c1[O-].[Cu+2].[Cu+2]. The van der Waals surface area contributed by atoms with E-state index in [4.69, 9.17) is 30.6 Å². The van der Waals surface area contributed by atoms with Crippen molar-refractivity contribution in [3.8, 4) is 23.0 Å². The minimum atomic E-state index is -1.28. The Kier molecular flexibility index (Phi) is 25.5. The molecule has 20 heteroatoms. The summed E-state index contributed by atoms with van der Waals surface area (Å²) in [6.07, 6.45) is 12.3. The number of para-hydroxylation sites is 4. The molecule has 6 rings (SSSR count). The van der Waals surface area contributed by atoms with Crippen LogP contribution in [0.25, 0.3) is 0 Å². The van der Waals surface area contributed by atoms with Crippen molar-refractivity contribution >= 4 is 48.7 Å². The third kappa shape index (κ3) is 15.9. The fourth-order valence-electron chi connectivity index (χ4n) is 6.88.